The van der Waals surface area contributed by atoms with Gasteiger partial charge in [0, 0.05) is 40.6 Å². The second kappa shape index (κ2) is 5.18. The van der Waals surface area contributed by atoms with Crippen LogP contribution >= 0.6 is 11.6 Å². The number of nitrogen functional groups attached to an aromatic ring is 1. The molecular formula is C15H10ClF2N3. The van der Waals surface area contributed by atoms with Gasteiger partial charge in [-0.25, -0.2) is 8.78 Å². The summed E-state index contributed by atoms with van der Waals surface area (Å²) in [5, 5.41) is 4.35. The molecule has 0 aliphatic carbocycles. The molecule has 0 unspecified atom stereocenters. The maximum absolute atomic E-state index is 13.9. The summed E-state index contributed by atoms with van der Waals surface area (Å²) in [6, 6.07) is 6.96. The van der Waals surface area contributed by atoms with E-state index in [9.17, 15) is 8.78 Å². The fourth-order valence-corrected chi connectivity index (χ4v) is 2.36. The molecule has 0 atom stereocenters. The van der Waals surface area contributed by atoms with Crippen LogP contribution in [0.2, 0.25) is 5.02 Å². The minimum absolute atomic E-state index is 0.0148. The lowest BCUT2D eigenvalue weighted by atomic mass is 10.1. The average Bonchev–Trinajstić information content (AvgIpc) is 2.45. The zero-order valence-corrected chi connectivity index (χ0v) is 11.5. The van der Waals surface area contributed by atoms with Crippen LogP contribution in [-0.2, 0) is 0 Å². The molecule has 3 aromatic rings. The van der Waals surface area contributed by atoms with E-state index in [0.717, 1.165) is 22.9 Å². The summed E-state index contributed by atoms with van der Waals surface area (Å²) >= 11 is 5.89. The van der Waals surface area contributed by atoms with Crippen LogP contribution in [0.5, 0.6) is 0 Å². The molecule has 0 saturated carbocycles. The summed E-state index contributed by atoms with van der Waals surface area (Å²) in [6.45, 7) is 0. The van der Waals surface area contributed by atoms with Crippen LogP contribution in [0.1, 0.15) is 0 Å². The molecular weight excluding hydrogens is 296 g/mol. The zero-order chi connectivity index (χ0) is 15.0. The first-order valence-electron chi connectivity index (χ1n) is 6.10. The predicted molar refractivity (Wildman–Crippen MR) is 80.8 cm³/mol. The number of halogens is 3. The van der Waals surface area contributed by atoms with Gasteiger partial charge in [0.25, 0.3) is 0 Å². The van der Waals surface area contributed by atoms with Crippen molar-refractivity contribution in [2.45, 2.75) is 0 Å². The molecule has 2 aromatic carbocycles. The first kappa shape index (κ1) is 13.6. The van der Waals surface area contributed by atoms with E-state index >= 15 is 0 Å². The summed E-state index contributed by atoms with van der Waals surface area (Å²) in [7, 11) is 0. The van der Waals surface area contributed by atoms with Crippen molar-refractivity contribution < 1.29 is 8.78 Å². The first-order chi connectivity index (χ1) is 10.1. The number of nitrogens with two attached hydrogens (primary N) is 1. The molecule has 106 valence electrons. The highest BCUT2D eigenvalue weighted by atomic mass is 35.5. The van der Waals surface area contributed by atoms with Gasteiger partial charge in [0.1, 0.15) is 5.82 Å². The Bertz CT molecular complexity index is 813. The molecule has 3 N–H and O–H groups in total. The Kier molecular flexibility index (Phi) is 3.35. The van der Waals surface area contributed by atoms with Gasteiger partial charge in [-0.2, -0.15) is 0 Å². The fraction of sp³-hybridized carbons (Fsp3) is 0. The minimum atomic E-state index is -0.765. The number of hydrogen-bond acceptors (Lipinski definition) is 3. The Balaban J connectivity index is 2.13. The quantitative estimate of drug-likeness (QED) is 0.686. The Morgan fingerprint density at radius 3 is 2.67 bits per heavy atom. The largest absolute Gasteiger partial charge is 0.398 e. The third-order valence-corrected chi connectivity index (χ3v) is 3.42. The van der Waals surface area contributed by atoms with Crippen LogP contribution < -0.4 is 11.1 Å². The van der Waals surface area contributed by atoms with Crippen LogP contribution in [0.15, 0.2) is 42.7 Å². The number of aromatic nitrogens is 1. The van der Waals surface area contributed by atoms with Gasteiger partial charge in [-0.1, -0.05) is 11.6 Å². The van der Waals surface area contributed by atoms with Crippen LogP contribution in [0.3, 0.4) is 0 Å². The van der Waals surface area contributed by atoms with E-state index in [-0.39, 0.29) is 10.7 Å². The zero-order valence-electron chi connectivity index (χ0n) is 10.7. The van der Waals surface area contributed by atoms with Crippen molar-refractivity contribution >= 4 is 39.4 Å². The number of benzene rings is 2. The maximum atomic E-state index is 13.9. The van der Waals surface area contributed by atoms with Crippen molar-refractivity contribution in [3.8, 4) is 0 Å². The van der Waals surface area contributed by atoms with E-state index in [1.807, 2.05) is 0 Å². The number of nitrogens with zero attached hydrogens (tertiary/aromatic N) is 1. The fourth-order valence-electron chi connectivity index (χ4n) is 2.12. The third-order valence-electron chi connectivity index (χ3n) is 3.12. The first-order valence-corrected chi connectivity index (χ1v) is 6.48. The van der Waals surface area contributed by atoms with Crippen LogP contribution in [0, 0.1) is 11.6 Å². The molecule has 0 bridgehead atoms. The lowest BCUT2D eigenvalue weighted by Gasteiger charge is -2.13. The molecule has 1 heterocycles. The number of nitrogens with one attached hydrogen (secondary N) is 1. The van der Waals surface area contributed by atoms with Crippen molar-refractivity contribution in [1.29, 1.82) is 0 Å². The van der Waals surface area contributed by atoms with Crippen LogP contribution in [0.25, 0.3) is 10.8 Å². The van der Waals surface area contributed by atoms with E-state index in [0.29, 0.717) is 11.4 Å². The van der Waals surface area contributed by atoms with Gasteiger partial charge >= 0.3 is 0 Å². The van der Waals surface area contributed by atoms with E-state index in [4.69, 9.17) is 17.3 Å². The van der Waals surface area contributed by atoms with E-state index in [1.165, 1.54) is 0 Å². The average molecular weight is 306 g/mol. The molecule has 3 nitrogen and oxygen atoms in total. The van der Waals surface area contributed by atoms with Gasteiger partial charge < -0.3 is 11.1 Å². The highest BCUT2D eigenvalue weighted by molar-refractivity contribution is 6.33. The molecule has 3 rings (SSSR count). The molecule has 21 heavy (non-hydrogen) atoms. The smallest absolute Gasteiger partial charge is 0.151 e. The van der Waals surface area contributed by atoms with Gasteiger partial charge in [0.05, 0.1) is 10.7 Å². The van der Waals surface area contributed by atoms with E-state index < -0.39 is 11.6 Å². The maximum Gasteiger partial charge on any atom is 0.151 e. The molecule has 0 aliphatic rings. The monoisotopic (exact) mass is 305 g/mol. The lowest BCUT2D eigenvalue weighted by Crippen LogP contribution is -1.98. The van der Waals surface area contributed by atoms with Crippen LogP contribution in [-0.4, -0.2) is 4.98 Å². The minimum Gasteiger partial charge on any atom is -0.398 e. The number of pyridine rings is 1. The van der Waals surface area contributed by atoms with Crippen molar-refractivity contribution in [2.75, 3.05) is 11.1 Å². The Morgan fingerprint density at radius 1 is 1.10 bits per heavy atom. The Morgan fingerprint density at radius 2 is 1.90 bits per heavy atom. The van der Waals surface area contributed by atoms with Gasteiger partial charge in [-0.05, 0) is 24.3 Å². The summed E-state index contributed by atoms with van der Waals surface area (Å²) < 4.78 is 26.9. The van der Waals surface area contributed by atoms with Gasteiger partial charge in [-0.3, -0.25) is 4.98 Å². The number of anilines is 3. The van der Waals surface area contributed by atoms with Crippen molar-refractivity contribution in [3.63, 3.8) is 0 Å². The summed E-state index contributed by atoms with van der Waals surface area (Å²) in [4.78, 5) is 4.01. The Hall–Kier alpha value is -2.40. The second-order valence-electron chi connectivity index (χ2n) is 4.49. The molecule has 0 radical (unpaired) electrons. The molecule has 0 saturated heterocycles. The molecule has 0 fully saturated rings. The summed E-state index contributed by atoms with van der Waals surface area (Å²) in [5.74, 6) is -1.49. The van der Waals surface area contributed by atoms with Crippen molar-refractivity contribution in [1.82, 2.24) is 4.98 Å². The van der Waals surface area contributed by atoms with Gasteiger partial charge in [0.15, 0.2) is 5.82 Å². The SMILES string of the molecule is Nc1ccc(Nc2c(F)cc(F)cc2Cl)c2ccncc12. The lowest BCUT2D eigenvalue weighted by molar-refractivity contribution is 0.586. The van der Waals surface area contributed by atoms with E-state index in [1.54, 1.807) is 30.6 Å². The third kappa shape index (κ3) is 2.48. The highest BCUT2D eigenvalue weighted by Gasteiger charge is 2.12. The van der Waals surface area contributed by atoms with E-state index in [2.05, 4.69) is 10.3 Å². The highest BCUT2D eigenvalue weighted by Crippen LogP contribution is 2.34. The van der Waals surface area contributed by atoms with Crippen LogP contribution in [0.4, 0.5) is 25.8 Å². The number of rotatable bonds is 2. The molecule has 0 amide bonds. The predicted octanol–water partition coefficient (Wildman–Crippen LogP) is 4.49. The second-order valence-corrected chi connectivity index (χ2v) is 4.90. The number of hydrogen-bond donors (Lipinski definition) is 2. The molecule has 6 heteroatoms. The molecule has 0 aliphatic heterocycles. The summed E-state index contributed by atoms with van der Waals surface area (Å²) in [5.41, 5.74) is 7.07. The Labute approximate surface area is 124 Å². The van der Waals surface area contributed by atoms with Gasteiger partial charge in [0.2, 0.25) is 0 Å². The normalized spacial score (nSPS) is 10.8. The standard InChI is InChI=1S/C15H10ClF2N3/c16-11-5-8(17)6-12(18)15(11)21-14-2-1-13(19)10-7-20-4-3-9(10)14/h1-7,21H,19H2. The molecule has 0 spiro atoms. The number of fused-ring (bicyclic) bond motifs is 1. The van der Waals surface area contributed by atoms with Crippen molar-refractivity contribution in [3.05, 3.63) is 59.4 Å². The van der Waals surface area contributed by atoms with Crippen molar-refractivity contribution in [2.24, 2.45) is 0 Å². The summed E-state index contributed by atoms with van der Waals surface area (Å²) in [6.07, 6.45) is 3.23. The van der Waals surface area contributed by atoms with Gasteiger partial charge in [-0.15, -0.1) is 0 Å². The molecule has 1 aromatic heterocycles. The topological polar surface area (TPSA) is 50.9 Å².